The average molecular weight is 364 g/mol. The first kappa shape index (κ1) is 14.3. The normalized spacial score (nSPS) is 11.0. The fourth-order valence-corrected chi connectivity index (χ4v) is 3.37. The number of nitrogens with zero attached hydrogens (tertiary/aromatic N) is 1. The van der Waals surface area contributed by atoms with E-state index in [-0.39, 0.29) is 0 Å². The van der Waals surface area contributed by atoms with E-state index in [2.05, 4.69) is 25.9 Å². The lowest BCUT2D eigenvalue weighted by Gasteiger charge is -2.03. The SMILES string of the molecule is CCOc1ccc2nc(Sc3cc(Br)ccc3N)[nH]c2c1. The van der Waals surface area contributed by atoms with Gasteiger partial charge in [-0.2, -0.15) is 0 Å². The monoisotopic (exact) mass is 363 g/mol. The number of anilines is 1. The lowest BCUT2D eigenvalue weighted by atomic mass is 10.3. The van der Waals surface area contributed by atoms with Crippen LogP contribution in [0, 0.1) is 0 Å². The van der Waals surface area contributed by atoms with Crippen LogP contribution in [-0.2, 0) is 0 Å². The van der Waals surface area contributed by atoms with Crippen molar-refractivity contribution in [2.24, 2.45) is 0 Å². The highest BCUT2D eigenvalue weighted by Gasteiger charge is 2.08. The Morgan fingerprint density at radius 3 is 2.95 bits per heavy atom. The molecule has 108 valence electrons. The van der Waals surface area contributed by atoms with Crippen molar-refractivity contribution < 1.29 is 4.74 Å². The summed E-state index contributed by atoms with van der Waals surface area (Å²) in [4.78, 5) is 8.82. The number of imidazole rings is 1. The van der Waals surface area contributed by atoms with E-state index in [1.54, 1.807) is 0 Å². The number of hydrogen-bond donors (Lipinski definition) is 2. The van der Waals surface area contributed by atoms with E-state index in [9.17, 15) is 0 Å². The number of aromatic nitrogens is 2. The van der Waals surface area contributed by atoms with Gasteiger partial charge in [0.1, 0.15) is 5.75 Å². The number of H-pyrrole nitrogens is 1. The molecule has 0 saturated heterocycles. The molecule has 0 aliphatic heterocycles. The van der Waals surface area contributed by atoms with Gasteiger partial charge in [0.2, 0.25) is 0 Å². The number of benzene rings is 2. The van der Waals surface area contributed by atoms with Crippen LogP contribution in [-0.4, -0.2) is 16.6 Å². The molecule has 0 aliphatic carbocycles. The van der Waals surface area contributed by atoms with Crippen LogP contribution in [0.1, 0.15) is 6.92 Å². The first-order chi connectivity index (χ1) is 10.2. The van der Waals surface area contributed by atoms with Gasteiger partial charge in [-0.05, 0) is 49.0 Å². The van der Waals surface area contributed by atoms with Crippen LogP contribution in [0.3, 0.4) is 0 Å². The third-order valence-corrected chi connectivity index (χ3v) is 4.38. The predicted molar refractivity (Wildman–Crippen MR) is 89.9 cm³/mol. The second kappa shape index (κ2) is 5.99. The van der Waals surface area contributed by atoms with Gasteiger partial charge in [0, 0.05) is 21.1 Å². The lowest BCUT2D eigenvalue weighted by molar-refractivity contribution is 0.340. The average Bonchev–Trinajstić information content (AvgIpc) is 2.85. The molecule has 0 bridgehead atoms. The molecule has 2 aromatic carbocycles. The summed E-state index contributed by atoms with van der Waals surface area (Å²) in [5, 5.41) is 0.809. The first-order valence-corrected chi connectivity index (χ1v) is 8.12. The number of hydrogen-bond acceptors (Lipinski definition) is 4. The standard InChI is InChI=1S/C15H14BrN3OS/c1-2-20-10-4-6-12-13(8-10)19-15(18-12)21-14-7-9(16)3-5-11(14)17/h3-8H,2,17H2,1H3,(H,18,19). The van der Waals surface area contributed by atoms with Crippen molar-refractivity contribution in [1.29, 1.82) is 0 Å². The molecule has 1 aromatic heterocycles. The van der Waals surface area contributed by atoms with Crippen LogP contribution < -0.4 is 10.5 Å². The smallest absolute Gasteiger partial charge is 0.171 e. The first-order valence-electron chi connectivity index (χ1n) is 6.51. The van der Waals surface area contributed by atoms with E-state index in [1.165, 1.54) is 11.8 Å². The van der Waals surface area contributed by atoms with Crippen molar-refractivity contribution in [2.75, 3.05) is 12.3 Å². The van der Waals surface area contributed by atoms with Gasteiger partial charge in [-0.25, -0.2) is 4.98 Å². The molecule has 0 saturated carbocycles. The van der Waals surface area contributed by atoms with E-state index in [0.29, 0.717) is 6.61 Å². The number of nitrogens with two attached hydrogens (primary N) is 1. The van der Waals surface area contributed by atoms with Gasteiger partial charge >= 0.3 is 0 Å². The second-order valence-corrected chi connectivity index (χ2v) is 6.38. The largest absolute Gasteiger partial charge is 0.494 e. The lowest BCUT2D eigenvalue weighted by Crippen LogP contribution is -1.90. The van der Waals surface area contributed by atoms with E-state index < -0.39 is 0 Å². The van der Waals surface area contributed by atoms with E-state index >= 15 is 0 Å². The Kier molecular flexibility index (Phi) is 4.07. The summed E-state index contributed by atoms with van der Waals surface area (Å²) in [6, 6.07) is 11.6. The van der Waals surface area contributed by atoms with E-state index in [0.717, 1.165) is 37.0 Å². The molecular weight excluding hydrogens is 350 g/mol. The van der Waals surface area contributed by atoms with Crippen LogP contribution >= 0.6 is 27.7 Å². The number of ether oxygens (including phenoxy) is 1. The van der Waals surface area contributed by atoms with Crippen molar-refractivity contribution >= 4 is 44.4 Å². The number of fused-ring (bicyclic) bond motifs is 1. The zero-order valence-electron chi connectivity index (χ0n) is 11.4. The molecule has 1 heterocycles. The maximum Gasteiger partial charge on any atom is 0.171 e. The minimum absolute atomic E-state index is 0.649. The minimum atomic E-state index is 0.649. The van der Waals surface area contributed by atoms with Crippen LogP contribution in [0.2, 0.25) is 0 Å². The Morgan fingerprint density at radius 2 is 2.14 bits per heavy atom. The van der Waals surface area contributed by atoms with Gasteiger partial charge in [-0.15, -0.1) is 0 Å². The summed E-state index contributed by atoms with van der Waals surface area (Å²) < 4.78 is 6.49. The summed E-state index contributed by atoms with van der Waals surface area (Å²) in [6.45, 7) is 2.62. The van der Waals surface area contributed by atoms with Crippen LogP contribution in [0.25, 0.3) is 11.0 Å². The molecule has 0 atom stereocenters. The molecule has 6 heteroatoms. The highest BCUT2D eigenvalue weighted by Crippen LogP contribution is 2.33. The summed E-state index contributed by atoms with van der Waals surface area (Å²) in [7, 11) is 0. The van der Waals surface area contributed by atoms with Crippen LogP contribution in [0.15, 0.2) is 50.9 Å². The molecule has 0 aliphatic rings. The van der Waals surface area contributed by atoms with Crippen LogP contribution in [0.4, 0.5) is 5.69 Å². The molecule has 4 nitrogen and oxygen atoms in total. The molecule has 0 radical (unpaired) electrons. The van der Waals surface area contributed by atoms with Gasteiger partial charge < -0.3 is 15.5 Å². The fourth-order valence-electron chi connectivity index (χ4n) is 1.97. The molecule has 21 heavy (non-hydrogen) atoms. The fraction of sp³-hybridized carbons (Fsp3) is 0.133. The summed E-state index contributed by atoms with van der Waals surface area (Å²) >= 11 is 4.97. The summed E-state index contributed by atoms with van der Waals surface area (Å²) in [6.07, 6.45) is 0. The topological polar surface area (TPSA) is 63.9 Å². The maximum absolute atomic E-state index is 5.99. The second-order valence-electron chi connectivity index (χ2n) is 4.44. The Balaban J connectivity index is 1.92. The Labute approximate surface area is 135 Å². The van der Waals surface area contributed by atoms with Crippen molar-refractivity contribution in [3.8, 4) is 5.75 Å². The minimum Gasteiger partial charge on any atom is -0.494 e. The number of nitrogen functional groups attached to an aromatic ring is 1. The summed E-state index contributed by atoms with van der Waals surface area (Å²) in [5.74, 6) is 0.840. The maximum atomic E-state index is 5.99. The number of rotatable bonds is 4. The van der Waals surface area contributed by atoms with Gasteiger partial charge in [-0.1, -0.05) is 15.9 Å². The predicted octanol–water partition coefficient (Wildman–Crippen LogP) is 4.46. The summed E-state index contributed by atoms with van der Waals surface area (Å²) in [5.41, 5.74) is 8.59. The Bertz CT molecular complexity index is 788. The van der Waals surface area contributed by atoms with Crippen LogP contribution in [0.5, 0.6) is 5.75 Å². The zero-order valence-corrected chi connectivity index (χ0v) is 13.8. The molecule has 0 spiro atoms. The molecule has 3 rings (SSSR count). The number of aromatic amines is 1. The van der Waals surface area contributed by atoms with Crippen molar-refractivity contribution in [3.63, 3.8) is 0 Å². The van der Waals surface area contributed by atoms with Crippen molar-refractivity contribution in [2.45, 2.75) is 17.0 Å². The molecule has 3 N–H and O–H groups in total. The van der Waals surface area contributed by atoms with Gasteiger partial charge in [-0.3, -0.25) is 0 Å². The van der Waals surface area contributed by atoms with Crippen molar-refractivity contribution in [3.05, 3.63) is 40.9 Å². The highest BCUT2D eigenvalue weighted by atomic mass is 79.9. The molecule has 3 aromatic rings. The molecular formula is C15H14BrN3OS. The third-order valence-electron chi connectivity index (χ3n) is 2.92. The van der Waals surface area contributed by atoms with Gasteiger partial charge in [0.25, 0.3) is 0 Å². The number of halogens is 1. The quantitative estimate of drug-likeness (QED) is 0.671. The van der Waals surface area contributed by atoms with E-state index in [1.807, 2.05) is 43.3 Å². The van der Waals surface area contributed by atoms with Gasteiger partial charge in [0.05, 0.1) is 17.6 Å². The van der Waals surface area contributed by atoms with Crippen molar-refractivity contribution in [1.82, 2.24) is 9.97 Å². The van der Waals surface area contributed by atoms with Gasteiger partial charge in [0.15, 0.2) is 5.16 Å². The number of nitrogens with one attached hydrogen (secondary N) is 1. The molecule has 0 amide bonds. The zero-order chi connectivity index (χ0) is 14.8. The third kappa shape index (κ3) is 3.16. The molecule has 0 unspecified atom stereocenters. The Hall–Kier alpha value is -1.66. The van der Waals surface area contributed by atoms with E-state index in [4.69, 9.17) is 10.5 Å². The Morgan fingerprint density at radius 1 is 1.29 bits per heavy atom. The molecule has 0 fully saturated rings. The highest BCUT2D eigenvalue weighted by molar-refractivity contribution is 9.10.